The molecule has 3 aromatic rings. The van der Waals surface area contributed by atoms with Gasteiger partial charge in [0, 0.05) is 17.0 Å². The number of nitrogens with one attached hydrogen (secondary N) is 1. The first kappa shape index (κ1) is 14.8. The summed E-state index contributed by atoms with van der Waals surface area (Å²) in [5.41, 5.74) is 6.59. The van der Waals surface area contributed by atoms with Gasteiger partial charge >= 0.3 is 0 Å². The van der Waals surface area contributed by atoms with Crippen LogP contribution in [0.3, 0.4) is 0 Å². The Balaban J connectivity index is 1.84. The first-order valence-electron chi connectivity index (χ1n) is 7.22. The Labute approximate surface area is 133 Å². The molecule has 0 aliphatic heterocycles. The van der Waals surface area contributed by atoms with E-state index in [1.807, 2.05) is 25.1 Å². The molecule has 1 heterocycles. The summed E-state index contributed by atoms with van der Waals surface area (Å²) in [6.45, 7) is 4.09. The Morgan fingerprint density at radius 3 is 2.65 bits per heavy atom. The summed E-state index contributed by atoms with van der Waals surface area (Å²) in [7, 11) is 0. The SMILES string of the molecule is Cc1ccc2nc(N/N=C\c3ccc(O)cc3O)cc(C)c2c1. The van der Waals surface area contributed by atoms with Crippen LogP contribution in [0.1, 0.15) is 16.7 Å². The highest BCUT2D eigenvalue weighted by Crippen LogP contribution is 2.22. The number of anilines is 1. The molecule has 3 N–H and O–H groups in total. The van der Waals surface area contributed by atoms with E-state index in [0.29, 0.717) is 11.4 Å². The molecule has 0 amide bonds. The lowest BCUT2D eigenvalue weighted by Crippen LogP contribution is -1.96. The van der Waals surface area contributed by atoms with E-state index >= 15 is 0 Å². The van der Waals surface area contributed by atoms with Gasteiger partial charge in [-0.2, -0.15) is 5.10 Å². The van der Waals surface area contributed by atoms with E-state index in [1.54, 1.807) is 6.07 Å². The number of aryl methyl sites for hydroxylation is 2. The molecule has 5 nitrogen and oxygen atoms in total. The van der Waals surface area contributed by atoms with Gasteiger partial charge in [-0.15, -0.1) is 0 Å². The quantitative estimate of drug-likeness (QED) is 0.509. The predicted molar refractivity (Wildman–Crippen MR) is 92.2 cm³/mol. The van der Waals surface area contributed by atoms with Gasteiger partial charge in [0.15, 0.2) is 0 Å². The number of fused-ring (bicyclic) bond motifs is 1. The molecule has 0 fully saturated rings. The molecular weight excluding hydrogens is 290 g/mol. The van der Waals surface area contributed by atoms with Crippen molar-refractivity contribution in [3.8, 4) is 11.5 Å². The Morgan fingerprint density at radius 1 is 1.04 bits per heavy atom. The molecule has 116 valence electrons. The second kappa shape index (κ2) is 5.96. The van der Waals surface area contributed by atoms with E-state index < -0.39 is 0 Å². The van der Waals surface area contributed by atoms with E-state index in [9.17, 15) is 10.2 Å². The fourth-order valence-electron chi connectivity index (χ4n) is 2.37. The minimum absolute atomic E-state index is 0.00900. The summed E-state index contributed by atoms with van der Waals surface area (Å²) < 4.78 is 0. The molecule has 1 aromatic heterocycles. The number of aromatic hydroxyl groups is 2. The van der Waals surface area contributed by atoms with Gasteiger partial charge in [0.05, 0.1) is 11.7 Å². The summed E-state index contributed by atoms with van der Waals surface area (Å²) in [6.07, 6.45) is 1.48. The standard InChI is InChI=1S/C18H17N3O2/c1-11-3-6-16-15(7-11)12(2)8-18(20-16)21-19-10-13-4-5-14(22)9-17(13)23/h3-10,22-23H,1-2H3,(H,20,21)/b19-10-. The highest BCUT2D eigenvalue weighted by molar-refractivity contribution is 5.86. The van der Waals surface area contributed by atoms with E-state index in [1.165, 1.54) is 23.9 Å². The molecule has 0 aliphatic carbocycles. The molecule has 5 heteroatoms. The van der Waals surface area contributed by atoms with Crippen molar-refractivity contribution in [1.29, 1.82) is 0 Å². The number of benzene rings is 2. The molecule has 3 rings (SSSR count). The molecule has 0 saturated heterocycles. The highest BCUT2D eigenvalue weighted by atomic mass is 16.3. The minimum Gasteiger partial charge on any atom is -0.508 e. The van der Waals surface area contributed by atoms with Crippen molar-refractivity contribution in [3.63, 3.8) is 0 Å². The van der Waals surface area contributed by atoms with E-state index in [-0.39, 0.29) is 11.5 Å². The maximum absolute atomic E-state index is 9.71. The molecular formula is C18H17N3O2. The Bertz CT molecular complexity index is 904. The van der Waals surface area contributed by atoms with Crippen LogP contribution < -0.4 is 5.43 Å². The number of nitrogens with zero attached hydrogens (tertiary/aromatic N) is 2. The van der Waals surface area contributed by atoms with Gasteiger partial charge in [-0.1, -0.05) is 11.6 Å². The van der Waals surface area contributed by atoms with Crippen molar-refractivity contribution in [3.05, 3.63) is 59.2 Å². The average molecular weight is 307 g/mol. The number of rotatable bonds is 3. The number of aromatic nitrogens is 1. The molecule has 23 heavy (non-hydrogen) atoms. The third-order valence-electron chi connectivity index (χ3n) is 3.57. The smallest absolute Gasteiger partial charge is 0.147 e. The maximum atomic E-state index is 9.71. The molecule has 0 unspecified atom stereocenters. The lowest BCUT2D eigenvalue weighted by Gasteiger charge is -2.06. The molecule has 0 saturated carbocycles. The van der Waals surface area contributed by atoms with Crippen LogP contribution >= 0.6 is 0 Å². The number of hydrogen-bond acceptors (Lipinski definition) is 5. The van der Waals surface area contributed by atoms with Gasteiger partial charge in [0.2, 0.25) is 0 Å². The number of phenolic OH excluding ortho intramolecular Hbond substituents is 2. The Hall–Kier alpha value is -3.08. The average Bonchev–Trinajstić information content (AvgIpc) is 2.50. The van der Waals surface area contributed by atoms with Crippen molar-refractivity contribution in [1.82, 2.24) is 4.98 Å². The molecule has 0 aliphatic rings. The summed E-state index contributed by atoms with van der Waals surface area (Å²) in [4.78, 5) is 4.52. The summed E-state index contributed by atoms with van der Waals surface area (Å²) >= 11 is 0. The zero-order valence-corrected chi connectivity index (χ0v) is 12.9. The molecule has 0 spiro atoms. The summed E-state index contributed by atoms with van der Waals surface area (Å²) in [5, 5.41) is 24.2. The van der Waals surface area contributed by atoms with Crippen LogP contribution in [0.25, 0.3) is 10.9 Å². The number of hydrazone groups is 1. The van der Waals surface area contributed by atoms with Crippen LogP contribution in [0.4, 0.5) is 5.82 Å². The topological polar surface area (TPSA) is 77.7 Å². The lowest BCUT2D eigenvalue weighted by molar-refractivity contribution is 0.450. The van der Waals surface area contributed by atoms with E-state index in [4.69, 9.17) is 0 Å². The Morgan fingerprint density at radius 2 is 1.87 bits per heavy atom. The number of hydrogen-bond donors (Lipinski definition) is 3. The van der Waals surface area contributed by atoms with Crippen LogP contribution in [0.15, 0.2) is 47.6 Å². The van der Waals surface area contributed by atoms with Crippen molar-refractivity contribution in [2.24, 2.45) is 5.10 Å². The van der Waals surface area contributed by atoms with Crippen LogP contribution in [-0.2, 0) is 0 Å². The van der Waals surface area contributed by atoms with Gasteiger partial charge in [0.25, 0.3) is 0 Å². The maximum Gasteiger partial charge on any atom is 0.147 e. The van der Waals surface area contributed by atoms with Gasteiger partial charge in [-0.25, -0.2) is 4.98 Å². The minimum atomic E-state index is -0.0336. The first-order valence-corrected chi connectivity index (χ1v) is 7.22. The van der Waals surface area contributed by atoms with Crippen LogP contribution in [0, 0.1) is 13.8 Å². The number of phenols is 2. The predicted octanol–water partition coefficient (Wildman–Crippen LogP) is 3.71. The Kier molecular flexibility index (Phi) is 3.85. The zero-order chi connectivity index (χ0) is 16.4. The number of pyridine rings is 1. The summed E-state index contributed by atoms with van der Waals surface area (Å²) in [5.74, 6) is 0.608. The molecule has 0 radical (unpaired) electrons. The van der Waals surface area contributed by atoms with E-state index in [0.717, 1.165) is 16.5 Å². The zero-order valence-electron chi connectivity index (χ0n) is 12.9. The van der Waals surface area contributed by atoms with Gasteiger partial charge < -0.3 is 10.2 Å². The fourth-order valence-corrected chi connectivity index (χ4v) is 2.37. The lowest BCUT2D eigenvalue weighted by atomic mass is 10.1. The van der Waals surface area contributed by atoms with Crippen molar-refractivity contribution in [2.45, 2.75) is 13.8 Å². The molecule has 2 aromatic carbocycles. The third kappa shape index (κ3) is 3.23. The highest BCUT2D eigenvalue weighted by Gasteiger charge is 2.03. The van der Waals surface area contributed by atoms with Crippen LogP contribution in [0.2, 0.25) is 0 Å². The monoisotopic (exact) mass is 307 g/mol. The second-order valence-corrected chi connectivity index (χ2v) is 5.46. The molecule has 0 bridgehead atoms. The largest absolute Gasteiger partial charge is 0.508 e. The van der Waals surface area contributed by atoms with Gasteiger partial charge in [-0.3, -0.25) is 5.43 Å². The fraction of sp³-hybridized carbons (Fsp3) is 0.111. The van der Waals surface area contributed by atoms with Crippen LogP contribution in [0.5, 0.6) is 11.5 Å². The van der Waals surface area contributed by atoms with Crippen molar-refractivity contribution < 1.29 is 10.2 Å². The van der Waals surface area contributed by atoms with Crippen molar-refractivity contribution in [2.75, 3.05) is 5.43 Å². The second-order valence-electron chi connectivity index (χ2n) is 5.46. The van der Waals surface area contributed by atoms with Gasteiger partial charge in [-0.05, 0) is 49.7 Å². The third-order valence-corrected chi connectivity index (χ3v) is 3.57. The van der Waals surface area contributed by atoms with Crippen molar-refractivity contribution >= 4 is 22.9 Å². The summed E-state index contributed by atoms with van der Waals surface area (Å²) in [6, 6.07) is 12.4. The first-order chi connectivity index (χ1) is 11.0. The van der Waals surface area contributed by atoms with Crippen LogP contribution in [-0.4, -0.2) is 21.4 Å². The molecule has 0 atom stereocenters. The normalized spacial score (nSPS) is 11.2. The van der Waals surface area contributed by atoms with E-state index in [2.05, 4.69) is 28.5 Å². The van der Waals surface area contributed by atoms with Gasteiger partial charge in [0.1, 0.15) is 17.3 Å².